The maximum atomic E-state index is 12.7. The Bertz CT molecular complexity index is 697. The SMILES string of the molecule is CC(C)CNC(=O)CN1CCN(S(=O)(=O)c2cc(Cl)cc(Cl)c2)CC1. The first-order chi connectivity index (χ1) is 11.7. The number of hydrogen-bond acceptors (Lipinski definition) is 4. The van der Waals surface area contributed by atoms with Crippen molar-refractivity contribution in [2.24, 2.45) is 5.92 Å². The number of sulfonamides is 1. The number of halogens is 2. The molecule has 1 aromatic rings. The van der Waals surface area contributed by atoms with E-state index in [9.17, 15) is 13.2 Å². The highest BCUT2D eigenvalue weighted by molar-refractivity contribution is 7.89. The third-order valence-electron chi connectivity index (χ3n) is 3.88. The molecule has 0 bridgehead atoms. The van der Waals surface area contributed by atoms with Crippen molar-refractivity contribution >= 4 is 39.1 Å². The summed E-state index contributed by atoms with van der Waals surface area (Å²) >= 11 is 11.8. The van der Waals surface area contributed by atoms with Crippen molar-refractivity contribution < 1.29 is 13.2 Å². The van der Waals surface area contributed by atoms with E-state index < -0.39 is 10.0 Å². The fraction of sp³-hybridized carbons (Fsp3) is 0.562. The van der Waals surface area contributed by atoms with Crippen molar-refractivity contribution in [3.8, 4) is 0 Å². The summed E-state index contributed by atoms with van der Waals surface area (Å²) in [6.07, 6.45) is 0. The minimum atomic E-state index is -3.64. The number of benzene rings is 1. The van der Waals surface area contributed by atoms with Gasteiger partial charge in [0.25, 0.3) is 0 Å². The van der Waals surface area contributed by atoms with Gasteiger partial charge < -0.3 is 5.32 Å². The minimum absolute atomic E-state index is 0.0355. The molecule has 0 radical (unpaired) electrons. The largest absolute Gasteiger partial charge is 0.355 e. The van der Waals surface area contributed by atoms with Crippen LogP contribution in [0.2, 0.25) is 10.0 Å². The van der Waals surface area contributed by atoms with Crippen LogP contribution in [0.3, 0.4) is 0 Å². The molecule has 1 fully saturated rings. The summed E-state index contributed by atoms with van der Waals surface area (Å²) in [6.45, 7) is 6.64. The summed E-state index contributed by atoms with van der Waals surface area (Å²) in [4.78, 5) is 13.9. The van der Waals surface area contributed by atoms with E-state index in [1.807, 2.05) is 18.7 Å². The summed E-state index contributed by atoms with van der Waals surface area (Å²) in [5, 5.41) is 3.44. The molecule has 140 valence electrons. The average molecular weight is 408 g/mol. The normalized spacial score (nSPS) is 17.0. The Labute approximate surface area is 159 Å². The third kappa shape index (κ3) is 5.82. The van der Waals surface area contributed by atoms with Crippen LogP contribution in [0.1, 0.15) is 13.8 Å². The van der Waals surface area contributed by atoms with Crippen molar-refractivity contribution in [2.45, 2.75) is 18.7 Å². The van der Waals surface area contributed by atoms with Crippen molar-refractivity contribution in [3.05, 3.63) is 28.2 Å². The number of carbonyl (C=O) groups is 1. The Morgan fingerprint density at radius 3 is 2.20 bits per heavy atom. The Kier molecular flexibility index (Phi) is 7.10. The molecule has 1 aromatic carbocycles. The van der Waals surface area contributed by atoms with Crippen LogP contribution in [0.25, 0.3) is 0 Å². The van der Waals surface area contributed by atoms with Gasteiger partial charge in [0.15, 0.2) is 0 Å². The van der Waals surface area contributed by atoms with E-state index in [0.29, 0.717) is 38.6 Å². The number of nitrogens with one attached hydrogen (secondary N) is 1. The van der Waals surface area contributed by atoms with Gasteiger partial charge in [-0.3, -0.25) is 9.69 Å². The fourth-order valence-electron chi connectivity index (χ4n) is 2.53. The number of amides is 1. The van der Waals surface area contributed by atoms with Gasteiger partial charge in [-0.15, -0.1) is 0 Å². The molecular weight excluding hydrogens is 385 g/mol. The molecule has 0 atom stereocenters. The molecule has 1 aliphatic rings. The van der Waals surface area contributed by atoms with E-state index in [0.717, 1.165) is 0 Å². The van der Waals surface area contributed by atoms with Gasteiger partial charge >= 0.3 is 0 Å². The highest BCUT2D eigenvalue weighted by atomic mass is 35.5. The molecule has 0 aliphatic carbocycles. The molecule has 1 heterocycles. The summed E-state index contributed by atoms with van der Waals surface area (Å²) in [7, 11) is -3.64. The van der Waals surface area contributed by atoms with E-state index in [2.05, 4.69) is 5.32 Å². The lowest BCUT2D eigenvalue weighted by molar-refractivity contribution is -0.122. The van der Waals surface area contributed by atoms with Gasteiger partial charge in [0.2, 0.25) is 15.9 Å². The fourth-order valence-corrected chi connectivity index (χ4v) is 4.68. The zero-order valence-corrected chi connectivity index (χ0v) is 16.7. The molecule has 2 rings (SSSR count). The van der Waals surface area contributed by atoms with Gasteiger partial charge in [-0.25, -0.2) is 8.42 Å². The van der Waals surface area contributed by atoms with Crippen LogP contribution in [0.5, 0.6) is 0 Å². The van der Waals surface area contributed by atoms with Crippen LogP contribution < -0.4 is 5.32 Å². The Balaban J connectivity index is 1.93. The van der Waals surface area contributed by atoms with Crippen molar-refractivity contribution in [1.82, 2.24) is 14.5 Å². The second-order valence-corrected chi connectivity index (χ2v) is 9.29. The molecule has 1 amide bonds. The lowest BCUT2D eigenvalue weighted by Gasteiger charge is -2.33. The molecular formula is C16H23Cl2N3O3S. The highest BCUT2D eigenvalue weighted by Gasteiger charge is 2.29. The molecule has 1 saturated heterocycles. The Morgan fingerprint density at radius 1 is 1.12 bits per heavy atom. The number of hydrogen-bond donors (Lipinski definition) is 1. The third-order valence-corrected chi connectivity index (χ3v) is 6.19. The average Bonchev–Trinajstić information content (AvgIpc) is 2.52. The second kappa shape index (κ2) is 8.68. The maximum Gasteiger partial charge on any atom is 0.243 e. The quantitative estimate of drug-likeness (QED) is 0.783. The zero-order chi connectivity index (χ0) is 18.6. The molecule has 0 spiro atoms. The molecule has 0 unspecified atom stereocenters. The van der Waals surface area contributed by atoms with Gasteiger partial charge in [0.05, 0.1) is 11.4 Å². The predicted molar refractivity (Wildman–Crippen MR) is 99.5 cm³/mol. The summed E-state index contributed by atoms with van der Waals surface area (Å²) in [6, 6.07) is 4.29. The van der Waals surface area contributed by atoms with Gasteiger partial charge in [0.1, 0.15) is 0 Å². The maximum absolute atomic E-state index is 12.7. The molecule has 25 heavy (non-hydrogen) atoms. The van der Waals surface area contributed by atoms with Gasteiger partial charge in [-0.2, -0.15) is 4.31 Å². The van der Waals surface area contributed by atoms with Crippen LogP contribution >= 0.6 is 23.2 Å². The van der Waals surface area contributed by atoms with Crippen molar-refractivity contribution in [1.29, 1.82) is 0 Å². The van der Waals surface area contributed by atoms with Gasteiger partial charge in [-0.1, -0.05) is 37.0 Å². The van der Waals surface area contributed by atoms with Gasteiger partial charge in [-0.05, 0) is 24.1 Å². The lowest BCUT2D eigenvalue weighted by atomic mass is 10.2. The van der Waals surface area contributed by atoms with E-state index in [4.69, 9.17) is 23.2 Å². The van der Waals surface area contributed by atoms with Gasteiger partial charge in [0, 0.05) is 42.8 Å². The van der Waals surface area contributed by atoms with E-state index in [1.54, 1.807) is 0 Å². The molecule has 0 saturated carbocycles. The minimum Gasteiger partial charge on any atom is -0.355 e. The van der Waals surface area contributed by atoms with Crippen molar-refractivity contribution in [2.75, 3.05) is 39.3 Å². The number of piperazine rings is 1. The van der Waals surface area contributed by atoms with Crippen LogP contribution in [0.15, 0.2) is 23.1 Å². The smallest absolute Gasteiger partial charge is 0.243 e. The molecule has 9 heteroatoms. The number of nitrogens with zero attached hydrogens (tertiary/aromatic N) is 2. The first-order valence-corrected chi connectivity index (χ1v) is 10.3. The first kappa shape index (κ1) is 20.5. The molecule has 1 N–H and O–H groups in total. The van der Waals surface area contributed by atoms with E-state index in [1.165, 1.54) is 22.5 Å². The summed E-state index contributed by atoms with van der Waals surface area (Å²) in [5.74, 6) is 0.363. The van der Waals surface area contributed by atoms with E-state index in [-0.39, 0.29) is 27.4 Å². The zero-order valence-electron chi connectivity index (χ0n) is 14.3. The van der Waals surface area contributed by atoms with Crippen LogP contribution in [0, 0.1) is 5.92 Å². The van der Waals surface area contributed by atoms with Crippen LogP contribution in [-0.2, 0) is 14.8 Å². The topological polar surface area (TPSA) is 69.7 Å². The standard InChI is InChI=1S/C16H23Cl2N3O3S/c1-12(2)10-19-16(22)11-20-3-5-21(6-4-20)25(23,24)15-8-13(17)7-14(18)9-15/h7-9,12H,3-6,10-11H2,1-2H3,(H,19,22). The first-order valence-electron chi connectivity index (χ1n) is 8.14. The number of rotatable bonds is 6. The summed E-state index contributed by atoms with van der Waals surface area (Å²) < 4.78 is 26.8. The highest BCUT2D eigenvalue weighted by Crippen LogP contribution is 2.25. The van der Waals surface area contributed by atoms with Crippen LogP contribution in [-0.4, -0.2) is 62.8 Å². The number of carbonyl (C=O) groups excluding carboxylic acids is 1. The Hall–Kier alpha value is -0.860. The molecule has 6 nitrogen and oxygen atoms in total. The predicted octanol–water partition coefficient (Wildman–Crippen LogP) is 2.07. The lowest BCUT2D eigenvalue weighted by Crippen LogP contribution is -2.51. The summed E-state index contributed by atoms with van der Waals surface area (Å²) in [5.41, 5.74) is 0. The molecule has 0 aromatic heterocycles. The van der Waals surface area contributed by atoms with Crippen LogP contribution in [0.4, 0.5) is 0 Å². The van der Waals surface area contributed by atoms with E-state index >= 15 is 0 Å². The monoisotopic (exact) mass is 407 g/mol. The molecule has 1 aliphatic heterocycles. The second-order valence-electron chi connectivity index (χ2n) is 6.48. The Morgan fingerprint density at radius 2 is 1.68 bits per heavy atom. The van der Waals surface area contributed by atoms with Crippen molar-refractivity contribution in [3.63, 3.8) is 0 Å².